The van der Waals surface area contributed by atoms with Crippen LogP contribution in [-0.2, 0) is 7.05 Å². The smallest absolute Gasteiger partial charge is 0.205 e. The molecule has 2 heterocycles. The lowest BCUT2D eigenvalue weighted by Gasteiger charge is -1.88. The molecular weight excluding hydrogens is 198 g/mol. The highest BCUT2D eigenvalue weighted by Crippen LogP contribution is 2.27. The predicted molar refractivity (Wildman–Crippen MR) is 56.4 cm³/mol. The Morgan fingerprint density at radius 2 is 2.21 bits per heavy atom. The Morgan fingerprint density at radius 3 is 2.71 bits per heavy atom. The Hall–Kier alpha value is -1.43. The van der Waals surface area contributed by atoms with Gasteiger partial charge in [-0.3, -0.25) is 4.68 Å². The van der Waals surface area contributed by atoms with Crippen LogP contribution in [0.25, 0.3) is 10.6 Å². The summed E-state index contributed by atoms with van der Waals surface area (Å²) < 4.78 is 1.78. The Bertz CT molecular complexity index is 444. The summed E-state index contributed by atoms with van der Waals surface area (Å²) in [5.41, 5.74) is 2.03. The number of rotatable bonds is 2. The molecule has 0 amide bonds. The van der Waals surface area contributed by atoms with Crippen LogP contribution in [-0.4, -0.2) is 27.0 Å². The number of nitrogens with zero attached hydrogens (tertiary/aromatic N) is 4. The van der Waals surface area contributed by atoms with E-state index in [1.54, 1.807) is 4.68 Å². The van der Waals surface area contributed by atoms with E-state index in [2.05, 4.69) is 20.6 Å². The predicted octanol–water partition coefficient (Wildman–Crippen LogP) is 1.29. The maximum Gasteiger partial charge on any atom is 0.205 e. The van der Waals surface area contributed by atoms with Gasteiger partial charge in [-0.25, -0.2) is 0 Å². The molecule has 1 N–H and O–H groups in total. The van der Waals surface area contributed by atoms with Crippen molar-refractivity contribution >= 4 is 16.5 Å². The van der Waals surface area contributed by atoms with Gasteiger partial charge in [-0.15, -0.1) is 10.2 Å². The van der Waals surface area contributed by atoms with E-state index in [9.17, 15) is 0 Å². The molecule has 6 heteroatoms. The first-order valence-electron chi connectivity index (χ1n) is 4.22. The molecule has 0 spiro atoms. The molecule has 0 aliphatic rings. The van der Waals surface area contributed by atoms with E-state index in [4.69, 9.17) is 0 Å². The molecule has 5 nitrogen and oxygen atoms in total. The molecule has 0 fully saturated rings. The van der Waals surface area contributed by atoms with Crippen LogP contribution in [0.15, 0.2) is 6.20 Å². The van der Waals surface area contributed by atoms with E-state index >= 15 is 0 Å². The Kier molecular flexibility index (Phi) is 2.20. The quantitative estimate of drug-likeness (QED) is 0.809. The zero-order valence-corrected chi connectivity index (χ0v) is 9.09. The van der Waals surface area contributed by atoms with E-state index < -0.39 is 0 Å². The van der Waals surface area contributed by atoms with Crippen LogP contribution in [0, 0.1) is 6.92 Å². The third kappa shape index (κ3) is 1.48. The molecule has 2 aromatic rings. The van der Waals surface area contributed by atoms with Gasteiger partial charge in [0.15, 0.2) is 5.01 Å². The highest BCUT2D eigenvalue weighted by molar-refractivity contribution is 7.18. The highest BCUT2D eigenvalue weighted by atomic mass is 32.1. The van der Waals surface area contributed by atoms with Crippen LogP contribution < -0.4 is 5.32 Å². The van der Waals surface area contributed by atoms with Crippen molar-refractivity contribution < 1.29 is 0 Å². The average molecular weight is 209 g/mol. The zero-order chi connectivity index (χ0) is 10.1. The average Bonchev–Trinajstić information content (AvgIpc) is 2.71. The first-order chi connectivity index (χ1) is 6.70. The number of hydrogen-bond acceptors (Lipinski definition) is 5. The minimum absolute atomic E-state index is 0.822. The standard InChI is InChI=1S/C8H11N5S/c1-5-6(4-13(3)12-5)7-10-11-8(9-2)14-7/h4H,1-3H3,(H,9,11). The summed E-state index contributed by atoms with van der Waals surface area (Å²) in [6.07, 6.45) is 1.95. The van der Waals surface area contributed by atoms with Crippen molar-refractivity contribution in [3.05, 3.63) is 11.9 Å². The number of anilines is 1. The summed E-state index contributed by atoms with van der Waals surface area (Å²) in [6.45, 7) is 1.97. The fourth-order valence-corrected chi connectivity index (χ4v) is 2.00. The van der Waals surface area contributed by atoms with Gasteiger partial charge in [0, 0.05) is 20.3 Å². The molecule has 0 saturated heterocycles. The first-order valence-corrected chi connectivity index (χ1v) is 5.04. The van der Waals surface area contributed by atoms with Gasteiger partial charge in [-0.1, -0.05) is 11.3 Å². The fourth-order valence-electron chi connectivity index (χ4n) is 1.24. The van der Waals surface area contributed by atoms with Crippen molar-refractivity contribution in [2.75, 3.05) is 12.4 Å². The van der Waals surface area contributed by atoms with Crippen LogP contribution >= 0.6 is 11.3 Å². The molecule has 0 saturated carbocycles. The van der Waals surface area contributed by atoms with Gasteiger partial charge in [0.2, 0.25) is 5.13 Å². The zero-order valence-electron chi connectivity index (χ0n) is 8.27. The van der Waals surface area contributed by atoms with E-state index in [-0.39, 0.29) is 0 Å². The van der Waals surface area contributed by atoms with Gasteiger partial charge in [-0.05, 0) is 6.92 Å². The summed E-state index contributed by atoms with van der Waals surface area (Å²) in [4.78, 5) is 0. The molecule has 2 aromatic heterocycles. The third-order valence-corrected chi connectivity index (χ3v) is 2.86. The summed E-state index contributed by atoms with van der Waals surface area (Å²) in [6, 6.07) is 0. The van der Waals surface area contributed by atoms with Gasteiger partial charge in [-0.2, -0.15) is 5.10 Å². The number of hydrogen-bond donors (Lipinski definition) is 1. The second-order valence-electron chi connectivity index (χ2n) is 2.96. The molecule has 0 bridgehead atoms. The number of nitrogens with one attached hydrogen (secondary N) is 1. The van der Waals surface area contributed by atoms with Gasteiger partial charge >= 0.3 is 0 Å². The number of aryl methyl sites for hydroxylation is 2. The fraction of sp³-hybridized carbons (Fsp3) is 0.375. The highest BCUT2D eigenvalue weighted by Gasteiger charge is 2.10. The third-order valence-electron chi connectivity index (χ3n) is 1.88. The van der Waals surface area contributed by atoms with Crippen LogP contribution in [0.5, 0.6) is 0 Å². The molecule has 0 radical (unpaired) electrons. The van der Waals surface area contributed by atoms with Crippen LogP contribution in [0.2, 0.25) is 0 Å². The van der Waals surface area contributed by atoms with E-state index in [1.807, 2.05) is 27.2 Å². The van der Waals surface area contributed by atoms with E-state index in [0.717, 1.165) is 21.4 Å². The largest absolute Gasteiger partial charge is 0.363 e. The van der Waals surface area contributed by atoms with Crippen LogP contribution in [0.4, 0.5) is 5.13 Å². The van der Waals surface area contributed by atoms with Crippen molar-refractivity contribution in [1.29, 1.82) is 0 Å². The molecule has 74 valence electrons. The number of aromatic nitrogens is 4. The van der Waals surface area contributed by atoms with E-state index in [1.165, 1.54) is 11.3 Å². The summed E-state index contributed by atoms with van der Waals surface area (Å²) in [5.74, 6) is 0. The van der Waals surface area contributed by atoms with Gasteiger partial charge in [0.05, 0.1) is 11.3 Å². The molecule has 14 heavy (non-hydrogen) atoms. The molecular formula is C8H11N5S. The summed E-state index contributed by atoms with van der Waals surface area (Å²) >= 11 is 1.53. The monoisotopic (exact) mass is 209 g/mol. The maximum absolute atomic E-state index is 4.26. The lowest BCUT2D eigenvalue weighted by atomic mass is 10.3. The SMILES string of the molecule is CNc1nnc(-c2cn(C)nc2C)s1. The Morgan fingerprint density at radius 1 is 1.43 bits per heavy atom. The topological polar surface area (TPSA) is 55.6 Å². The summed E-state index contributed by atoms with van der Waals surface area (Å²) in [7, 11) is 3.73. The van der Waals surface area contributed by atoms with Crippen molar-refractivity contribution in [2.45, 2.75) is 6.92 Å². The van der Waals surface area contributed by atoms with Crippen molar-refractivity contribution in [1.82, 2.24) is 20.0 Å². The lowest BCUT2D eigenvalue weighted by Crippen LogP contribution is -1.86. The molecule has 0 unspecified atom stereocenters. The van der Waals surface area contributed by atoms with Crippen molar-refractivity contribution in [3.8, 4) is 10.6 Å². The summed E-state index contributed by atoms with van der Waals surface area (Å²) in [5, 5.41) is 17.0. The molecule has 2 rings (SSSR count). The molecule has 0 aromatic carbocycles. The van der Waals surface area contributed by atoms with Crippen molar-refractivity contribution in [3.63, 3.8) is 0 Å². The Balaban J connectivity index is 2.43. The maximum atomic E-state index is 4.26. The molecule has 0 aliphatic heterocycles. The Labute approximate surface area is 85.8 Å². The minimum Gasteiger partial charge on any atom is -0.363 e. The first kappa shape index (κ1) is 9.14. The van der Waals surface area contributed by atoms with Gasteiger partial charge in [0.1, 0.15) is 0 Å². The minimum atomic E-state index is 0.822. The molecule has 0 aliphatic carbocycles. The second-order valence-corrected chi connectivity index (χ2v) is 3.94. The van der Waals surface area contributed by atoms with Gasteiger partial charge in [0.25, 0.3) is 0 Å². The van der Waals surface area contributed by atoms with Gasteiger partial charge < -0.3 is 5.32 Å². The molecule has 0 atom stereocenters. The van der Waals surface area contributed by atoms with Crippen LogP contribution in [0.1, 0.15) is 5.69 Å². The van der Waals surface area contributed by atoms with Crippen LogP contribution in [0.3, 0.4) is 0 Å². The normalized spacial score (nSPS) is 10.5. The second kappa shape index (κ2) is 3.38. The van der Waals surface area contributed by atoms with Crippen molar-refractivity contribution in [2.24, 2.45) is 7.05 Å². The lowest BCUT2D eigenvalue weighted by molar-refractivity contribution is 0.756. The van der Waals surface area contributed by atoms with E-state index in [0.29, 0.717) is 0 Å².